The molecule has 39 heavy (non-hydrogen) atoms. The molecule has 186 valence electrons. The van der Waals surface area contributed by atoms with Gasteiger partial charge in [-0.2, -0.15) is 0 Å². The van der Waals surface area contributed by atoms with Crippen molar-refractivity contribution in [3.05, 3.63) is 152 Å². The number of aryl methyl sites for hydroxylation is 1. The van der Waals surface area contributed by atoms with Crippen molar-refractivity contribution in [2.45, 2.75) is 0 Å². The predicted molar refractivity (Wildman–Crippen MR) is 166 cm³/mol. The minimum Gasteiger partial charge on any atom is -0.344 e. The first-order chi connectivity index (χ1) is 19.3. The molecule has 0 fully saturated rings. The maximum Gasteiger partial charge on any atom is 0.0489 e. The van der Waals surface area contributed by atoms with Crippen LogP contribution in [0.2, 0.25) is 0 Å². The van der Waals surface area contributed by atoms with Crippen LogP contribution >= 0.6 is 0 Å². The molecule has 0 saturated heterocycles. The Labute approximate surface area is 229 Å². The zero-order valence-electron chi connectivity index (χ0n) is 21.8. The van der Waals surface area contributed by atoms with Crippen molar-refractivity contribution in [1.29, 1.82) is 0 Å². The van der Waals surface area contributed by atoms with E-state index >= 15 is 0 Å². The first-order valence-electron chi connectivity index (χ1n) is 13.3. The Kier molecular flexibility index (Phi) is 5.71. The third-order valence-electron chi connectivity index (χ3n) is 7.62. The largest absolute Gasteiger partial charge is 0.344 e. The van der Waals surface area contributed by atoms with Crippen LogP contribution in [0.5, 0.6) is 0 Å². The topological polar surface area (TPSA) is 8.17 Å². The number of nitrogens with zero attached hydrogens (tertiary/aromatic N) is 2. The fourth-order valence-corrected chi connectivity index (χ4v) is 5.61. The van der Waals surface area contributed by atoms with Crippen molar-refractivity contribution < 1.29 is 0 Å². The first kappa shape index (κ1) is 23.1. The minimum absolute atomic E-state index is 1.13. The van der Waals surface area contributed by atoms with Crippen LogP contribution in [0, 0.1) is 0 Å². The zero-order valence-corrected chi connectivity index (χ0v) is 21.8. The van der Waals surface area contributed by atoms with Gasteiger partial charge in [0.15, 0.2) is 0 Å². The Morgan fingerprint density at radius 1 is 0.385 bits per heavy atom. The predicted octanol–water partition coefficient (Wildman–Crippen LogP) is 10.1. The van der Waals surface area contributed by atoms with E-state index in [1.54, 1.807) is 0 Å². The highest BCUT2D eigenvalue weighted by Crippen LogP contribution is 2.37. The third-order valence-corrected chi connectivity index (χ3v) is 7.62. The van der Waals surface area contributed by atoms with E-state index in [1.807, 2.05) is 0 Å². The molecule has 0 unspecified atom stereocenters. The summed E-state index contributed by atoms with van der Waals surface area (Å²) in [6, 6.07) is 54.2. The molecular formula is C37H28N2. The van der Waals surface area contributed by atoms with Crippen LogP contribution in [-0.2, 0) is 7.05 Å². The van der Waals surface area contributed by atoms with Gasteiger partial charge >= 0.3 is 0 Å². The quantitative estimate of drug-likeness (QED) is 0.228. The summed E-state index contributed by atoms with van der Waals surface area (Å²) in [6.45, 7) is 0. The van der Waals surface area contributed by atoms with E-state index in [2.05, 4.69) is 168 Å². The second-order valence-corrected chi connectivity index (χ2v) is 9.94. The molecule has 7 aromatic rings. The van der Waals surface area contributed by atoms with Gasteiger partial charge in [-0.1, -0.05) is 97.1 Å². The number of fused-ring (bicyclic) bond motifs is 3. The van der Waals surface area contributed by atoms with Crippen molar-refractivity contribution in [3.63, 3.8) is 0 Å². The molecule has 2 heteroatoms. The highest BCUT2D eigenvalue weighted by Gasteiger charge is 2.14. The first-order valence-corrected chi connectivity index (χ1v) is 13.3. The van der Waals surface area contributed by atoms with Crippen LogP contribution in [0.3, 0.4) is 0 Å². The van der Waals surface area contributed by atoms with Crippen LogP contribution in [0.4, 0.5) is 17.1 Å². The molecule has 7 rings (SSSR count). The SMILES string of the molecule is Cn1c2ccccc2c2cc(-c3ccc(N(c4ccccc4)c4ccc(-c5ccccc5)cc4)cc3)ccc21. The average molecular weight is 501 g/mol. The van der Waals surface area contributed by atoms with Crippen molar-refractivity contribution in [1.82, 2.24) is 4.57 Å². The maximum atomic E-state index is 2.32. The molecule has 0 N–H and O–H groups in total. The van der Waals surface area contributed by atoms with Crippen LogP contribution in [0.1, 0.15) is 0 Å². The molecule has 0 aliphatic heterocycles. The molecule has 0 atom stereocenters. The van der Waals surface area contributed by atoms with Crippen molar-refractivity contribution in [2.75, 3.05) is 4.90 Å². The lowest BCUT2D eigenvalue weighted by Gasteiger charge is -2.26. The molecule has 1 aromatic heterocycles. The molecule has 0 amide bonds. The molecule has 0 bridgehead atoms. The summed E-state index contributed by atoms with van der Waals surface area (Å²) in [5.74, 6) is 0. The zero-order chi connectivity index (χ0) is 26.2. The summed E-state index contributed by atoms with van der Waals surface area (Å²) in [5.41, 5.74) is 10.8. The van der Waals surface area contributed by atoms with Gasteiger partial charge in [0.1, 0.15) is 0 Å². The van der Waals surface area contributed by atoms with Crippen LogP contribution in [0.15, 0.2) is 152 Å². The molecule has 0 spiro atoms. The molecule has 0 aliphatic carbocycles. The van der Waals surface area contributed by atoms with Crippen LogP contribution in [0.25, 0.3) is 44.1 Å². The van der Waals surface area contributed by atoms with Crippen molar-refractivity contribution >= 4 is 38.9 Å². The normalized spacial score (nSPS) is 11.2. The molecule has 0 aliphatic rings. The maximum absolute atomic E-state index is 2.32. The van der Waals surface area contributed by atoms with Gasteiger partial charge in [-0.3, -0.25) is 0 Å². The lowest BCUT2D eigenvalue weighted by molar-refractivity contribution is 1.01. The summed E-state index contributed by atoms with van der Waals surface area (Å²) < 4.78 is 2.28. The Bertz CT molecular complexity index is 1880. The highest BCUT2D eigenvalue weighted by molar-refractivity contribution is 6.09. The molecule has 2 nitrogen and oxygen atoms in total. The lowest BCUT2D eigenvalue weighted by Crippen LogP contribution is -2.09. The molecule has 6 aromatic carbocycles. The standard InChI is InChI=1S/C37H28N2/c1-38-36-15-9-8-14-34(36)35-26-30(20-25-37(35)38)29-18-23-33(24-19-29)39(31-12-6-3-7-13-31)32-21-16-28(17-22-32)27-10-4-2-5-11-27/h2-26H,1H3. The van der Waals surface area contributed by atoms with Gasteiger partial charge in [-0.25, -0.2) is 0 Å². The highest BCUT2D eigenvalue weighted by atomic mass is 15.1. The van der Waals surface area contributed by atoms with E-state index < -0.39 is 0 Å². The van der Waals surface area contributed by atoms with Gasteiger partial charge < -0.3 is 9.47 Å². The molecular weight excluding hydrogens is 472 g/mol. The van der Waals surface area contributed by atoms with E-state index in [4.69, 9.17) is 0 Å². The van der Waals surface area contributed by atoms with E-state index in [1.165, 1.54) is 44.1 Å². The Balaban J connectivity index is 1.26. The Morgan fingerprint density at radius 3 is 1.51 bits per heavy atom. The van der Waals surface area contributed by atoms with Crippen molar-refractivity contribution in [3.8, 4) is 22.3 Å². The van der Waals surface area contributed by atoms with E-state index in [0.29, 0.717) is 0 Å². The number of anilines is 3. The summed E-state index contributed by atoms with van der Waals surface area (Å²) in [6.07, 6.45) is 0. The second kappa shape index (κ2) is 9.66. The van der Waals surface area contributed by atoms with Crippen LogP contribution < -0.4 is 4.90 Å². The van der Waals surface area contributed by atoms with Gasteiger partial charge in [0.2, 0.25) is 0 Å². The number of para-hydroxylation sites is 2. The average Bonchev–Trinajstić information content (AvgIpc) is 3.30. The Hall–Kier alpha value is -5.08. The summed E-state index contributed by atoms with van der Waals surface area (Å²) in [7, 11) is 2.14. The van der Waals surface area contributed by atoms with Crippen LogP contribution in [-0.4, -0.2) is 4.57 Å². The fourth-order valence-electron chi connectivity index (χ4n) is 5.61. The third kappa shape index (κ3) is 4.17. The minimum atomic E-state index is 1.13. The van der Waals surface area contributed by atoms with Gasteiger partial charge in [0.05, 0.1) is 0 Å². The van der Waals surface area contributed by atoms with E-state index in [9.17, 15) is 0 Å². The monoisotopic (exact) mass is 500 g/mol. The summed E-state index contributed by atoms with van der Waals surface area (Å²) in [5, 5.41) is 2.58. The smallest absolute Gasteiger partial charge is 0.0489 e. The fraction of sp³-hybridized carbons (Fsp3) is 0.0270. The summed E-state index contributed by atoms with van der Waals surface area (Å²) in [4.78, 5) is 2.31. The van der Waals surface area contributed by atoms with E-state index in [0.717, 1.165) is 17.1 Å². The Morgan fingerprint density at radius 2 is 0.846 bits per heavy atom. The second-order valence-electron chi connectivity index (χ2n) is 9.94. The van der Waals surface area contributed by atoms with Gasteiger partial charge in [-0.05, 0) is 76.9 Å². The van der Waals surface area contributed by atoms with E-state index in [-0.39, 0.29) is 0 Å². The molecule has 1 heterocycles. The number of hydrogen-bond acceptors (Lipinski definition) is 1. The van der Waals surface area contributed by atoms with Gasteiger partial charge in [0.25, 0.3) is 0 Å². The lowest BCUT2D eigenvalue weighted by atomic mass is 10.0. The number of hydrogen-bond donors (Lipinski definition) is 0. The number of rotatable bonds is 5. The number of aromatic nitrogens is 1. The molecule has 0 saturated carbocycles. The summed E-state index contributed by atoms with van der Waals surface area (Å²) >= 11 is 0. The van der Waals surface area contributed by atoms with Gasteiger partial charge in [0, 0.05) is 45.9 Å². The number of benzene rings is 6. The van der Waals surface area contributed by atoms with Crippen molar-refractivity contribution in [2.24, 2.45) is 7.05 Å². The molecule has 0 radical (unpaired) electrons. The van der Waals surface area contributed by atoms with Gasteiger partial charge in [-0.15, -0.1) is 0 Å².